The largest absolute Gasteiger partial charge is 0.468 e. The van der Waals surface area contributed by atoms with Crippen molar-refractivity contribution in [1.82, 2.24) is 0 Å². The molecule has 0 bridgehead atoms. The Morgan fingerprint density at radius 3 is 2.04 bits per heavy atom. The molecule has 24 heavy (non-hydrogen) atoms. The molecule has 0 aromatic heterocycles. The second-order valence-electron chi connectivity index (χ2n) is 6.37. The highest BCUT2D eigenvalue weighted by Gasteiger charge is 2.46. The molecule has 0 unspecified atom stereocenters. The lowest BCUT2D eigenvalue weighted by atomic mass is 9.84. The summed E-state index contributed by atoms with van der Waals surface area (Å²) < 4.78 is 9.56. The molecule has 0 spiro atoms. The summed E-state index contributed by atoms with van der Waals surface area (Å²) in [6.45, 7) is 5.91. The van der Waals surface area contributed by atoms with E-state index in [1.54, 1.807) is 6.08 Å². The summed E-state index contributed by atoms with van der Waals surface area (Å²) in [5.74, 6) is 4.18. The number of esters is 2. The number of unbranched alkanes of at least 4 members (excludes halogenated alkanes) is 2. The number of ether oxygens (including phenoxy) is 2. The van der Waals surface area contributed by atoms with Gasteiger partial charge in [-0.2, -0.15) is 0 Å². The molecule has 0 aromatic rings. The monoisotopic (exact) mass is 334 g/mol. The Kier molecular flexibility index (Phi) is 9.45. The van der Waals surface area contributed by atoms with E-state index in [1.165, 1.54) is 20.3 Å². The Hall–Kier alpha value is -2.31. The number of carbonyl (C=O) groups is 3. The Labute approximate surface area is 144 Å². The number of rotatable bonds is 7. The maximum Gasteiger partial charge on any atom is 0.328 e. The van der Waals surface area contributed by atoms with Gasteiger partial charge >= 0.3 is 11.9 Å². The van der Waals surface area contributed by atoms with E-state index >= 15 is 0 Å². The van der Waals surface area contributed by atoms with E-state index in [9.17, 15) is 14.4 Å². The Balaban J connectivity index is 5.61. The van der Waals surface area contributed by atoms with Gasteiger partial charge in [0.1, 0.15) is 6.29 Å². The highest BCUT2D eigenvalue weighted by atomic mass is 16.5. The lowest BCUT2D eigenvalue weighted by Crippen LogP contribution is -2.39. The average Bonchev–Trinajstić information content (AvgIpc) is 2.53. The number of carbonyl (C=O) groups excluding carboxylic acids is 3. The van der Waals surface area contributed by atoms with Crippen LogP contribution in [0.15, 0.2) is 17.9 Å². The zero-order chi connectivity index (χ0) is 18.6. The topological polar surface area (TPSA) is 69.7 Å². The van der Waals surface area contributed by atoms with E-state index in [0.29, 0.717) is 19.3 Å². The van der Waals surface area contributed by atoms with Crippen LogP contribution in [-0.4, -0.2) is 32.4 Å². The predicted molar refractivity (Wildman–Crippen MR) is 90.9 cm³/mol. The van der Waals surface area contributed by atoms with E-state index in [4.69, 9.17) is 9.47 Å². The smallest absolute Gasteiger partial charge is 0.328 e. The molecule has 5 heteroatoms. The van der Waals surface area contributed by atoms with Gasteiger partial charge in [0.15, 0.2) is 0 Å². The van der Waals surface area contributed by atoms with Crippen molar-refractivity contribution < 1.29 is 23.9 Å². The van der Waals surface area contributed by atoms with Gasteiger partial charge in [0.2, 0.25) is 5.41 Å². The molecule has 0 atom stereocenters. The van der Waals surface area contributed by atoms with Gasteiger partial charge in [0.05, 0.1) is 14.2 Å². The highest BCUT2D eigenvalue weighted by Crippen LogP contribution is 2.28. The van der Waals surface area contributed by atoms with Crippen molar-refractivity contribution in [1.29, 1.82) is 0 Å². The van der Waals surface area contributed by atoms with Crippen molar-refractivity contribution in [3.8, 4) is 11.8 Å². The molecule has 0 aliphatic heterocycles. The zero-order valence-corrected chi connectivity index (χ0v) is 15.1. The van der Waals surface area contributed by atoms with E-state index in [0.717, 1.165) is 6.29 Å². The van der Waals surface area contributed by atoms with Crippen LogP contribution in [0.25, 0.3) is 0 Å². The normalized spacial score (nSPS) is 10.5. The molecule has 0 aliphatic rings. The van der Waals surface area contributed by atoms with E-state index in [2.05, 4.69) is 17.6 Å². The Bertz CT molecular complexity index is 547. The third-order valence-corrected chi connectivity index (χ3v) is 3.06. The Morgan fingerprint density at radius 2 is 1.58 bits per heavy atom. The molecule has 0 heterocycles. The summed E-state index contributed by atoms with van der Waals surface area (Å²) in [7, 11) is 2.41. The maximum atomic E-state index is 12.2. The molecule has 132 valence electrons. The second-order valence-corrected chi connectivity index (χ2v) is 6.37. The number of hydrogen-bond donors (Lipinski definition) is 0. The van der Waals surface area contributed by atoms with Gasteiger partial charge in [-0.05, 0) is 24.0 Å². The number of hydrogen-bond acceptors (Lipinski definition) is 5. The second kappa shape index (κ2) is 10.5. The zero-order valence-electron chi connectivity index (χ0n) is 15.1. The van der Waals surface area contributed by atoms with Gasteiger partial charge in [-0.15, -0.1) is 17.6 Å². The minimum absolute atomic E-state index is 0.0710. The van der Waals surface area contributed by atoms with Crippen molar-refractivity contribution >= 4 is 18.2 Å². The number of methoxy groups -OCH3 is 2. The molecule has 0 fully saturated rings. The van der Waals surface area contributed by atoms with Crippen LogP contribution in [0, 0.1) is 22.7 Å². The molecule has 0 saturated heterocycles. The fourth-order valence-electron chi connectivity index (χ4n) is 1.76. The van der Waals surface area contributed by atoms with Crippen molar-refractivity contribution in [2.75, 3.05) is 14.2 Å². The van der Waals surface area contributed by atoms with Crippen LogP contribution in [-0.2, 0) is 23.9 Å². The summed E-state index contributed by atoms with van der Waals surface area (Å²) in [5, 5.41) is 0. The third kappa shape index (κ3) is 7.30. The summed E-state index contributed by atoms with van der Waals surface area (Å²) in [6.07, 6.45) is 5.45. The molecule has 0 N–H and O–H groups in total. The van der Waals surface area contributed by atoms with Crippen LogP contribution in [0.4, 0.5) is 0 Å². The van der Waals surface area contributed by atoms with Gasteiger partial charge in [0, 0.05) is 19.3 Å². The minimum atomic E-state index is -1.65. The van der Waals surface area contributed by atoms with Crippen molar-refractivity contribution in [2.24, 2.45) is 10.8 Å². The van der Waals surface area contributed by atoms with Gasteiger partial charge in [0.25, 0.3) is 0 Å². The van der Waals surface area contributed by atoms with Crippen molar-refractivity contribution in [2.45, 2.75) is 46.5 Å². The van der Waals surface area contributed by atoms with Crippen LogP contribution in [0.2, 0.25) is 0 Å². The standard InChI is InChI=1S/C19H26O5/c1-18(2,3)12-11-14-19(16(21)23-4,17(22)24-5)13-9-7-6-8-10-15-20/h12,14-15H,6,8,10,13H2,1-5H3. The molecular formula is C19H26O5. The first-order valence-electron chi connectivity index (χ1n) is 7.74. The Morgan fingerprint density at radius 1 is 1.00 bits per heavy atom. The molecule has 0 aliphatic carbocycles. The van der Waals surface area contributed by atoms with Crippen LogP contribution < -0.4 is 0 Å². The van der Waals surface area contributed by atoms with E-state index in [1.807, 2.05) is 20.8 Å². The molecule has 0 rings (SSSR count). The first-order valence-corrected chi connectivity index (χ1v) is 7.74. The lowest BCUT2D eigenvalue weighted by Gasteiger charge is -2.22. The van der Waals surface area contributed by atoms with Gasteiger partial charge in [-0.1, -0.05) is 20.8 Å². The molecule has 5 nitrogen and oxygen atoms in total. The van der Waals surface area contributed by atoms with Crippen molar-refractivity contribution in [3.05, 3.63) is 17.9 Å². The van der Waals surface area contributed by atoms with Gasteiger partial charge < -0.3 is 14.3 Å². The van der Waals surface area contributed by atoms with Crippen LogP contribution >= 0.6 is 0 Å². The summed E-state index contributed by atoms with van der Waals surface area (Å²) >= 11 is 0. The quantitative estimate of drug-likeness (QED) is 0.179. The average molecular weight is 334 g/mol. The third-order valence-electron chi connectivity index (χ3n) is 3.06. The van der Waals surface area contributed by atoms with Crippen LogP contribution in [0.3, 0.4) is 0 Å². The van der Waals surface area contributed by atoms with E-state index < -0.39 is 17.4 Å². The summed E-state index contributed by atoms with van der Waals surface area (Å²) in [6, 6.07) is 0. The van der Waals surface area contributed by atoms with Gasteiger partial charge in [-0.3, -0.25) is 9.59 Å². The SMILES string of the molecule is COC(=O)C(C=C=CC(C)(C)C)(CC#CCCCC=O)C(=O)OC. The predicted octanol–water partition coefficient (Wildman–Crippen LogP) is 2.84. The fraction of sp³-hybridized carbons (Fsp3) is 0.579. The lowest BCUT2D eigenvalue weighted by molar-refractivity contribution is -0.164. The van der Waals surface area contributed by atoms with Crippen molar-refractivity contribution in [3.63, 3.8) is 0 Å². The first kappa shape index (κ1) is 21.7. The van der Waals surface area contributed by atoms with Crippen LogP contribution in [0.5, 0.6) is 0 Å². The molecular weight excluding hydrogens is 308 g/mol. The highest BCUT2D eigenvalue weighted by molar-refractivity contribution is 6.02. The molecule has 0 radical (unpaired) electrons. The summed E-state index contributed by atoms with van der Waals surface area (Å²) in [5.41, 5.74) is 1.08. The van der Waals surface area contributed by atoms with E-state index in [-0.39, 0.29) is 11.8 Å². The first-order chi connectivity index (χ1) is 11.2. The summed E-state index contributed by atoms with van der Waals surface area (Å²) in [4.78, 5) is 34.7. The fourth-order valence-corrected chi connectivity index (χ4v) is 1.76. The molecule has 0 amide bonds. The number of aldehydes is 1. The van der Waals surface area contributed by atoms with Gasteiger partial charge in [-0.25, -0.2) is 0 Å². The minimum Gasteiger partial charge on any atom is -0.468 e. The maximum absolute atomic E-state index is 12.2. The molecule has 0 saturated carbocycles. The van der Waals surface area contributed by atoms with Crippen LogP contribution in [0.1, 0.15) is 46.5 Å². The molecule has 0 aromatic carbocycles.